The number of carbonyl (C=O) groups is 1. The maximum atomic E-state index is 12.6. The third kappa shape index (κ3) is 6.24. The number of amides is 1. The summed E-state index contributed by atoms with van der Waals surface area (Å²) in [5.74, 6) is -0.474. The predicted molar refractivity (Wildman–Crippen MR) is 64.8 cm³/mol. The summed E-state index contributed by atoms with van der Waals surface area (Å²) in [5.41, 5.74) is 0. The van der Waals surface area contributed by atoms with Gasteiger partial charge < -0.3 is 15.0 Å². The molecule has 0 saturated carbocycles. The van der Waals surface area contributed by atoms with Crippen molar-refractivity contribution < 1.29 is 22.7 Å². The van der Waals surface area contributed by atoms with Gasteiger partial charge in [-0.3, -0.25) is 4.79 Å². The molecule has 1 aliphatic rings. The molecule has 0 atom stereocenters. The van der Waals surface area contributed by atoms with E-state index in [0.717, 1.165) is 4.90 Å². The topological polar surface area (TPSA) is 41.6 Å². The Labute approximate surface area is 111 Å². The monoisotopic (exact) mass is 282 g/mol. The lowest BCUT2D eigenvalue weighted by Gasteiger charge is -2.35. The molecule has 1 N–H and O–H groups in total. The fourth-order valence-corrected chi connectivity index (χ4v) is 2.18. The lowest BCUT2D eigenvalue weighted by Crippen LogP contribution is -2.49. The molecule has 1 heterocycles. The minimum atomic E-state index is -4.36. The summed E-state index contributed by atoms with van der Waals surface area (Å²) in [4.78, 5) is 12.9. The highest BCUT2D eigenvalue weighted by Gasteiger charge is 2.36. The fourth-order valence-electron chi connectivity index (χ4n) is 2.18. The van der Waals surface area contributed by atoms with E-state index in [1.54, 1.807) is 6.92 Å². The van der Waals surface area contributed by atoms with Crippen LogP contribution in [0.25, 0.3) is 0 Å². The zero-order chi connectivity index (χ0) is 14.3. The van der Waals surface area contributed by atoms with Gasteiger partial charge in [0.15, 0.2) is 0 Å². The molecule has 1 amide bonds. The number of hydrogen-bond donors (Lipinski definition) is 1. The van der Waals surface area contributed by atoms with Crippen molar-refractivity contribution in [1.29, 1.82) is 0 Å². The summed E-state index contributed by atoms with van der Waals surface area (Å²) < 4.78 is 42.7. The predicted octanol–water partition coefficient (Wildman–Crippen LogP) is 1.56. The Hall–Kier alpha value is -0.820. The van der Waals surface area contributed by atoms with E-state index < -0.39 is 18.6 Å². The van der Waals surface area contributed by atoms with Crippen LogP contribution in [0.15, 0.2) is 0 Å². The summed E-state index contributed by atoms with van der Waals surface area (Å²) in [6.45, 7) is 2.55. The van der Waals surface area contributed by atoms with E-state index in [0.29, 0.717) is 32.5 Å². The third-order valence-electron chi connectivity index (χ3n) is 3.08. The average molecular weight is 282 g/mol. The van der Waals surface area contributed by atoms with Gasteiger partial charge in [-0.15, -0.1) is 0 Å². The molecule has 1 aliphatic heterocycles. The number of hydrogen-bond acceptors (Lipinski definition) is 3. The lowest BCUT2D eigenvalue weighted by atomic mass is 10.0. The summed E-state index contributed by atoms with van der Waals surface area (Å²) >= 11 is 0. The van der Waals surface area contributed by atoms with Crippen LogP contribution in [0.2, 0.25) is 0 Å². The molecule has 0 aromatic carbocycles. The number of rotatable bonds is 6. The van der Waals surface area contributed by atoms with Gasteiger partial charge >= 0.3 is 6.18 Å². The van der Waals surface area contributed by atoms with Gasteiger partial charge in [-0.05, 0) is 32.9 Å². The van der Waals surface area contributed by atoms with Crippen LogP contribution in [0.5, 0.6) is 0 Å². The molecule has 1 rings (SSSR count). The van der Waals surface area contributed by atoms with Gasteiger partial charge in [0.2, 0.25) is 5.91 Å². The van der Waals surface area contributed by atoms with E-state index in [2.05, 4.69) is 5.32 Å². The molecule has 19 heavy (non-hydrogen) atoms. The number of alkyl halides is 3. The first kappa shape index (κ1) is 16.2. The molecule has 112 valence electrons. The van der Waals surface area contributed by atoms with Crippen LogP contribution >= 0.6 is 0 Å². The third-order valence-corrected chi connectivity index (χ3v) is 3.08. The average Bonchev–Trinajstić information content (AvgIpc) is 2.36. The second kappa shape index (κ2) is 7.69. The van der Waals surface area contributed by atoms with Gasteiger partial charge in [-0.2, -0.15) is 13.2 Å². The maximum Gasteiger partial charge on any atom is 0.406 e. The largest absolute Gasteiger partial charge is 0.406 e. The molecule has 1 fully saturated rings. The van der Waals surface area contributed by atoms with Gasteiger partial charge in [-0.1, -0.05) is 0 Å². The van der Waals surface area contributed by atoms with E-state index in [-0.39, 0.29) is 19.1 Å². The number of halogens is 3. The normalized spacial score (nSPS) is 17.5. The molecule has 7 heteroatoms. The van der Waals surface area contributed by atoms with E-state index in [4.69, 9.17) is 4.74 Å². The molecule has 0 aliphatic carbocycles. The van der Waals surface area contributed by atoms with Crippen molar-refractivity contribution in [3.8, 4) is 0 Å². The van der Waals surface area contributed by atoms with Crippen molar-refractivity contribution in [2.75, 3.05) is 32.8 Å². The molecular formula is C12H21F3N2O2. The van der Waals surface area contributed by atoms with E-state index in [1.165, 1.54) is 0 Å². The van der Waals surface area contributed by atoms with Gasteiger partial charge in [-0.25, -0.2) is 0 Å². The minimum absolute atomic E-state index is 0.00779. The van der Waals surface area contributed by atoms with Crippen LogP contribution in [-0.2, 0) is 9.53 Å². The summed E-state index contributed by atoms with van der Waals surface area (Å²) in [6, 6.07) is -0.322. The highest BCUT2D eigenvalue weighted by Crippen LogP contribution is 2.22. The van der Waals surface area contributed by atoms with Crippen LogP contribution in [0, 0.1) is 0 Å². The quantitative estimate of drug-likeness (QED) is 0.752. The van der Waals surface area contributed by atoms with E-state index >= 15 is 0 Å². The van der Waals surface area contributed by atoms with Gasteiger partial charge in [0.1, 0.15) is 6.54 Å². The number of carbonyl (C=O) groups excluding carboxylic acids is 1. The van der Waals surface area contributed by atoms with Crippen LogP contribution in [-0.4, -0.2) is 55.9 Å². The van der Waals surface area contributed by atoms with E-state index in [1.807, 2.05) is 0 Å². The second-order valence-corrected chi connectivity index (χ2v) is 4.56. The Morgan fingerprint density at radius 1 is 1.37 bits per heavy atom. The van der Waals surface area contributed by atoms with Crippen molar-refractivity contribution in [1.82, 2.24) is 10.2 Å². The molecule has 0 spiro atoms. The first-order chi connectivity index (χ1) is 8.94. The molecule has 0 unspecified atom stereocenters. The second-order valence-electron chi connectivity index (χ2n) is 4.56. The molecular weight excluding hydrogens is 261 g/mol. The standard InChI is InChI=1S/C12H21F3N2O2/c1-2-19-8-5-11(18)17(9-12(13,14)15)10-3-6-16-7-4-10/h10,16H,2-9H2,1H3. The van der Waals surface area contributed by atoms with Gasteiger partial charge in [0, 0.05) is 12.6 Å². The summed E-state index contributed by atoms with van der Waals surface area (Å²) in [7, 11) is 0. The summed E-state index contributed by atoms with van der Waals surface area (Å²) in [6.07, 6.45) is -3.22. The minimum Gasteiger partial charge on any atom is -0.381 e. The number of ether oxygens (including phenoxy) is 1. The Kier molecular flexibility index (Phi) is 6.57. The molecule has 0 bridgehead atoms. The zero-order valence-electron chi connectivity index (χ0n) is 11.1. The van der Waals surface area contributed by atoms with Crippen molar-refractivity contribution in [2.45, 2.75) is 38.4 Å². The number of nitrogens with one attached hydrogen (secondary N) is 1. The lowest BCUT2D eigenvalue weighted by molar-refractivity contribution is -0.167. The van der Waals surface area contributed by atoms with Crippen LogP contribution in [0.3, 0.4) is 0 Å². The highest BCUT2D eigenvalue weighted by molar-refractivity contribution is 5.76. The van der Waals surface area contributed by atoms with Crippen molar-refractivity contribution in [3.63, 3.8) is 0 Å². The summed E-state index contributed by atoms with van der Waals surface area (Å²) in [5, 5.41) is 3.08. The number of piperidine rings is 1. The zero-order valence-corrected chi connectivity index (χ0v) is 11.1. The fraction of sp³-hybridized carbons (Fsp3) is 0.917. The molecule has 4 nitrogen and oxygen atoms in total. The Bertz CT molecular complexity index is 279. The Balaban J connectivity index is 2.59. The molecule has 0 aromatic heterocycles. The molecule has 0 radical (unpaired) electrons. The van der Waals surface area contributed by atoms with Crippen molar-refractivity contribution >= 4 is 5.91 Å². The number of nitrogens with zero attached hydrogens (tertiary/aromatic N) is 1. The van der Waals surface area contributed by atoms with Gasteiger partial charge in [0.05, 0.1) is 13.0 Å². The van der Waals surface area contributed by atoms with Gasteiger partial charge in [0.25, 0.3) is 0 Å². The highest BCUT2D eigenvalue weighted by atomic mass is 19.4. The SMILES string of the molecule is CCOCCC(=O)N(CC(F)(F)F)C1CCNCC1. The molecule has 0 aromatic rings. The van der Waals surface area contributed by atoms with Crippen LogP contribution < -0.4 is 5.32 Å². The van der Waals surface area contributed by atoms with Crippen LogP contribution in [0.4, 0.5) is 13.2 Å². The van der Waals surface area contributed by atoms with Crippen molar-refractivity contribution in [2.24, 2.45) is 0 Å². The Morgan fingerprint density at radius 2 is 2.00 bits per heavy atom. The first-order valence-corrected chi connectivity index (χ1v) is 6.58. The molecule has 1 saturated heterocycles. The van der Waals surface area contributed by atoms with Crippen molar-refractivity contribution in [3.05, 3.63) is 0 Å². The first-order valence-electron chi connectivity index (χ1n) is 6.58. The Morgan fingerprint density at radius 3 is 2.53 bits per heavy atom. The maximum absolute atomic E-state index is 12.6. The smallest absolute Gasteiger partial charge is 0.381 e. The van der Waals surface area contributed by atoms with Crippen LogP contribution in [0.1, 0.15) is 26.2 Å². The van der Waals surface area contributed by atoms with E-state index in [9.17, 15) is 18.0 Å².